The van der Waals surface area contributed by atoms with Gasteiger partial charge in [0.05, 0.1) is 5.02 Å². The van der Waals surface area contributed by atoms with Crippen LogP contribution in [0.5, 0.6) is 0 Å². The summed E-state index contributed by atoms with van der Waals surface area (Å²) in [5.41, 5.74) is 7.37. The highest BCUT2D eigenvalue weighted by Gasteiger charge is 2.13. The highest BCUT2D eigenvalue weighted by Crippen LogP contribution is 2.25. The molecule has 2 rings (SSSR count). The van der Waals surface area contributed by atoms with Crippen LogP contribution in [0, 0.1) is 5.92 Å². The number of anilines is 1. The Morgan fingerprint density at radius 2 is 2.06 bits per heavy atom. The van der Waals surface area contributed by atoms with Crippen molar-refractivity contribution in [1.29, 1.82) is 0 Å². The van der Waals surface area contributed by atoms with Crippen molar-refractivity contribution in [2.24, 2.45) is 11.7 Å². The third kappa shape index (κ3) is 3.59. The number of nitrogens with two attached hydrogens (primary N) is 1. The van der Waals surface area contributed by atoms with E-state index < -0.39 is 0 Å². The zero-order valence-electron chi connectivity index (χ0n) is 10.4. The number of benzene rings is 1. The Bertz CT molecular complexity index is 428. The monoisotopic (exact) mass is 282 g/mol. The van der Waals surface area contributed by atoms with Crippen molar-refractivity contribution < 1.29 is 0 Å². The second-order valence-electron chi connectivity index (χ2n) is 4.94. The Hall–Kier alpha value is -0.800. The van der Waals surface area contributed by atoms with Gasteiger partial charge in [-0.05, 0) is 37.0 Å². The Labute approximate surface area is 119 Å². The fourth-order valence-electron chi connectivity index (χ4n) is 2.48. The fourth-order valence-corrected chi connectivity index (χ4v) is 2.99. The summed E-state index contributed by atoms with van der Waals surface area (Å²) in [7, 11) is 0. The smallest absolute Gasteiger partial charge is 0.105 e. The molecule has 0 saturated heterocycles. The highest BCUT2D eigenvalue weighted by molar-refractivity contribution is 7.80. The molecule has 1 fully saturated rings. The van der Waals surface area contributed by atoms with Crippen LogP contribution in [0.1, 0.15) is 37.7 Å². The second kappa shape index (κ2) is 6.39. The third-order valence-corrected chi connectivity index (χ3v) is 4.09. The van der Waals surface area contributed by atoms with E-state index in [2.05, 4.69) is 5.32 Å². The quantitative estimate of drug-likeness (QED) is 0.821. The van der Waals surface area contributed by atoms with E-state index in [0.717, 1.165) is 23.7 Å². The first-order valence-corrected chi connectivity index (χ1v) is 7.28. The first kappa shape index (κ1) is 13.6. The summed E-state index contributed by atoms with van der Waals surface area (Å²) in [6.45, 7) is 1.03. The zero-order chi connectivity index (χ0) is 13.0. The molecule has 0 amide bonds. The number of hydrogen-bond acceptors (Lipinski definition) is 2. The van der Waals surface area contributed by atoms with E-state index in [4.69, 9.17) is 29.6 Å². The molecule has 1 aromatic carbocycles. The molecule has 0 atom stereocenters. The molecule has 1 aromatic rings. The maximum atomic E-state index is 6.14. The van der Waals surface area contributed by atoms with E-state index in [1.165, 1.54) is 32.1 Å². The van der Waals surface area contributed by atoms with Gasteiger partial charge in [-0.15, -0.1) is 0 Å². The largest absolute Gasteiger partial charge is 0.389 e. The standard InChI is InChI=1S/C14H19ClN2S/c15-13-8-11(6-7-12(13)14(16)18)17-9-10-4-2-1-3-5-10/h6-8,10,17H,1-5,9H2,(H2,16,18). The van der Waals surface area contributed by atoms with Crippen molar-refractivity contribution in [2.75, 3.05) is 11.9 Å². The molecule has 1 aliphatic carbocycles. The molecule has 0 bridgehead atoms. The van der Waals surface area contributed by atoms with Crippen LogP contribution in [0.4, 0.5) is 5.69 Å². The van der Waals surface area contributed by atoms with Crippen LogP contribution in [0.15, 0.2) is 18.2 Å². The van der Waals surface area contributed by atoms with Crippen LogP contribution in [0.25, 0.3) is 0 Å². The van der Waals surface area contributed by atoms with Crippen molar-refractivity contribution in [3.8, 4) is 0 Å². The lowest BCUT2D eigenvalue weighted by Gasteiger charge is -2.22. The molecule has 0 radical (unpaired) electrons. The predicted octanol–water partition coefficient (Wildman–Crippen LogP) is 3.97. The predicted molar refractivity (Wildman–Crippen MR) is 82.4 cm³/mol. The molecule has 0 aliphatic heterocycles. The first-order chi connectivity index (χ1) is 8.66. The molecule has 0 heterocycles. The molecule has 0 unspecified atom stereocenters. The van der Waals surface area contributed by atoms with E-state index in [9.17, 15) is 0 Å². The normalized spacial score (nSPS) is 16.5. The summed E-state index contributed by atoms with van der Waals surface area (Å²) >= 11 is 11.1. The van der Waals surface area contributed by atoms with Crippen LogP contribution >= 0.6 is 23.8 Å². The maximum absolute atomic E-state index is 6.14. The summed E-state index contributed by atoms with van der Waals surface area (Å²) in [4.78, 5) is 0.346. The SMILES string of the molecule is NC(=S)c1ccc(NCC2CCCCC2)cc1Cl. The van der Waals surface area contributed by atoms with E-state index in [0.29, 0.717) is 10.0 Å². The van der Waals surface area contributed by atoms with Crippen molar-refractivity contribution in [1.82, 2.24) is 0 Å². The molecule has 1 aliphatic rings. The first-order valence-electron chi connectivity index (χ1n) is 6.50. The van der Waals surface area contributed by atoms with Crippen molar-refractivity contribution in [3.05, 3.63) is 28.8 Å². The van der Waals surface area contributed by atoms with Gasteiger partial charge in [0, 0.05) is 17.8 Å². The average molecular weight is 283 g/mol. The van der Waals surface area contributed by atoms with Gasteiger partial charge in [0.15, 0.2) is 0 Å². The number of hydrogen-bond donors (Lipinski definition) is 2. The van der Waals surface area contributed by atoms with Crippen LogP contribution in [0.2, 0.25) is 5.02 Å². The topological polar surface area (TPSA) is 38.0 Å². The molecule has 4 heteroatoms. The van der Waals surface area contributed by atoms with Crippen LogP contribution in [-0.2, 0) is 0 Å². The minimum atomic E-state index is 0.346. The average Bonchev–Trinajstić information content (AvgIpc) is 2.37. The lowest BCUT2D eigenvalue weighted by Crippen LogP contribution is -2.17. The molecule has 0 aromatic heterocycles. The lowest BCUT2D eigenvalue weighted by atomic mass is 9.89. The van der Waals surface area contributed by atoms with Crippen molar-refractivity contribution >= 4 is 34.5 Å². The van der Waals surface area contributed by atoms with E-state index in [1.807, 2.05) is 18.2 Å². The third-order valence-electron chi connectivity index (χ3n) is 3.55. The number of halogens is 1. The summed E-state index contributed by atoms with van der Waals surface area (Å²) in [6, 6.07) is 5.77. The molecule has 1 saturated carbocycles. The molecule has 2 nitrogen and oxygen atoms in total. The number of nitrogens with one attached hydrogen (secondary N) is 1. The summed E-state index contributed by atoms with van der Waals surface area (Å²) in [5.74, 6) is 0.799. The summed E-state index contributed by atoms with van der Waals surface area (Å²) in [5, 5.41) is 4.07. The Kier molecular flexibility index (Phi) is 4.84. The van der Waals surface area contributed by atoms with E-state index in [-0.39, 0.29) is 0 Å². The second-order valence-corrected chi connectivity index (χ2v) is 5.79. The molecule has 0 spiro atoms. The molecular weight excluding hydrogens is 264 g/mol. The highest BCUT2D eigenvalue weighted by atomic mass is 35.5. The number of rotatable bonds is 4. The van der Waals surface area contributed by atoms with Gasteiger partial charge in [-0.1, -0.05) is 43.1 Å². The maximum Gasteiger partial charge on any atom is 0.105 e. The molecule has 98 valence electrons. The minimum absolute atomic E-state index is 0.346. The van der Waals surface area contributed by atoms with Crippen molar-refractivity contribution in [3.63, 3.8) is 0 Å². The van der Waals surface area contributed by atoms with E-state index >= 15 is 0 Å². The Balaban J connectivity index is 1.93. The zero-order valence-corrected chi connectivity index (χ0v) is 12.0. The van der Waals surface area contributed by atoms with Gasteiger partial charge in [-0.2, -0.15) is 0 Å². The summed E-state index contributed by atoms with van der Waals surface area (Å²) < 4.78 is 0. The van der Waals surface area contributed by atoms with Gasteiger partial charge < -0.3 is 11.1 Å². The van der Waals surface area contributed by atoms with Gasteiger partial charge in [0.2, 0.25) is 0 Å². The van der Waals surface area contributed by atoms with E-state index in [1.54, 1.807) is 0 Å². The van der Waals surface area contributed by atoms with Crippen LogP contribution < -0.4 is 11.1 Å². The van der Waals surface area contributed by atoms with Crippen LogP contribution in [-0.4, -0.2) is 11.5 Å². The Morgan fingerprint density at radius 1 is 1.33 bits per heavy atom. The number of thiocarbonyl (C=S) groups is 1. The van der Waals surface area contributed by atoms with Crippen molar-refractivity contribution in [2.45, 2.75) is 32.1 Å². The molecule has 3 N–H and O–H groups in total. The fraction of sp³-hybridized carbons (Fsp3) is 0.500. The van der Waals surface area contributed by atoms with Gasteiger partial charge in [-0.25, -0.2) is 0 Å². The summed E-state index contributed by atoms with van der Waals surface area (Å²) in [6.07, 6.45) is 6.81. The van der Waals surface area contributed by atoms with Crippen LogP contribution in [0.3, 0.4) is 0 Å². The van der Waals surface area contributed by atoms with Gasteiger partial charge in [0.1, 0.15) is 4.99 Å². The van der Waals surface area contributed by atoms with Gasteiger partial charge in [0.25, 0.3) is 0 Å². The molecular formula is C14H19ClN2S. The van der Waals surface area contributed by atoms with Gasteiger partial charge >= 0.3 is 0 Å². The molecule has 18 heavy (non-hydrogen) atoms. The lowest BCUT2D eigenvalue weighted by molar-refractivity contribution is 0.373. The van der Waals surface area contributed by atoms with Gasteiger partial charge in [-0.3, -0.25) is 0 Å². The minimum Gasteiger partial charge on any atom is -0.389 e. The Morgan fingerprint density at radius 3 is 2.67 bits per heavy atom.